The first-order chi connectivity index (χ1) is 20.3. The number of aromatic nitrogens is 2. The van der Waals surface area contributed by atoms with Crippen molar-refractivity contribution < 1.29 is 14.3 Å². The van der Waals surface area contributed by atoms with Crippen molar-refractivity contribution in [1.29, 1.82) is 0 Å². The molecule has 0 bridgehead atoms. The molecule has 2 aromatic carbocycles. The number of allylic oxidation sites excluding steroid dienone is 3. The average Bonchev–Trinajstić information content (AvgIpc) is 3.46. The van der Waals surface area contributed by atoms with Crippen LogP contribution >= 0.6 is 11.6 Å². The highest BCUT2D eigenvalue weighted by Gasteiger charge is 2.27. The Morgan fingerprint density at radius 1 is 1.05 bits per heavy atom. The molecular formula is C34H35ClN4O3. The average molecular weight is 583 g/mol. The Bertz CT molecular complexity index is 1660. The molecule has 1 aliphatic heterocycles. The number of hydrogen-bond donors (Lipinski definition) is 1. The number of carbonyl (C=O) groups is 1. The number of fused-ring (bicyclic) bond motifs is 1. The van der Waals surface area contributed by atoms with E-state index in [-0.39, 0.29) is 5.41 Å². The van der Waals surface area contributed by atoms with E-state index in [0.29, 0.717) is 17.1 Å². The van der Waals surface area contributed by atoms with Crippen LogP contribution in [0.2, 0.25) is 5.02 Å². The Balaban J connectivity index is 1.18. The molecule has 0 saturated carbocycles. The van der Waals surface area contributed by atoms with Gasteiger partial charge in [-0.1, -0.05) is 49.7 Å². The van der Waals surface area contributed by atoms with E-state index < -0.39 is 5.97 Å². The zero-order valence-corrected chi connectivity index (χ0v) is 24.9. The molecular weight excluding hydrogens is 548 g/mol. The van der Waals surface area contributed by atoms with Crippen LogP contribution in [0.25, 0.3) is 16.6 Å². The van der Waals surface area contributed by atoms with Crippen LogP contribution < -0.4 is 9.64 Å². The first kappa shape index (κ1) is 28.1. The van der Waals surface area contributed by atoms with Crippen molar-refractivity contribution in [3.8, 4) is 11.5 Å². The summed E-state index contributed by atoms with van der Waals surface area (Å²) in [4.78, 5) is 24.9. The zero-order valence-electron chi connectivity index (χ0n) is 24.2. The van der Waals surface area contributed by atoms with E-state index in [9.17, 15) is 4.79 Å². The smallest absolute Gasteiger partial charge is 0.341 e. The Kier molecular flexibility index (Phi) is 7.80. The Labute approximate surface area is 251 Å². The first-order valence-electron chi connectivity index (χ1n) is 14.3. The fourth-order valence-electron chi connectivity index (χ4n) is 5.81. The highest BCUT2D eigenvalue weighted by atomic mass is 35.5. The fraction of sp³-hybridized carbons (Fsp3) is 0.294. The predicted octanol–water partition coefficient (Wildman–Crippen LogP) is 7.36. The lowest BCUT2D eigenvalue weighted by Crippen LogP contribution is -2.47. The van der Waals surface area contributed by atoms with Gasteiger partial charge in [0.2, 0.25) is 0 Å². The molecule has 2 aliphatic rings. The normalized spacial score (nSPS) is 17.1. The van der Waals surface area contributed by atoms with Crippen molar-refractivity contribution >= 4 is 39.9 Å². The van der Waals surface area contributed by atoms with E-state index in [2.05, 4.69) is 57.9 Å². The van der Waals surface area contributed by atoms with E-state index >= 15 is 0 Å². The third-order valence-electron chi connectivity index (χ3n) is 8.03. The van der Waals surface area contributed by atoms with E-state index in [1.165, 1.54) is 23.8 Å². The first-order valence-corrected chi connectivity index (χ1v) is 14.6. The zero-order chi connectivity index (χ0) is 29.3. The van der Waals surface area contributed by atoms with Gasteiger partial charge >= 0.3 is 5.97 Å². The van der Waals surface area contributed by atoms with Gasteiger partial charge in [-0.15, -0.1) is 0 Å². The molecule has 1 saturated heterocycles. The van der Waals surface area contributed by atoms with Crippen molar-refractivity contribution in [2.75, 3.05) is 44.7 Å². The SMILES string of the molecule is COC(=O)c1ccc(N2CCN(CC3=C(c4ccc(Cl)cc4)C=CC(C)(C)C3)CC2)cc1Oc1cnc2[nH]ccc2c1. The molecule has 3 heterocycles. The third kappa shape index (κ3) is 6.08. The van der Waals surface area contributed by atoms with Crippen LogP contribution in [-0.2, 0) is 4.74 Å². The van der Waals surface area contributed by atoms with Gasteiger partial charge in [-0.2, -0.15) is 0 Å². The summed E-state index contributed by atoms with van der Waals surface area (Å²) in [6.45, 7) is 9.14. The molecule has 0 atom stereocenters. The number of carbonyl (C=O) groups excluding carboxylic acids is 1. The molecule has 216 valence electrons. The number of aromatic amines is 1. The van der Waals surface area contributed by atoms with Crippen LogP contribution in [0.15, 0.2) is 84.7 Å². The van der Waals surface area contributed by atoms with Gasteiger partial charge in [0.05, 0.1) is 13.3 Å². The number of hydrogen-bond acceptors (Lipinski definition) is 6. The van der Waals surface area contributed by atoms with Gasteiger partial charge in [-0.25, -0.2) is 9.78 Å². The lowest BCUT2D eigenvalue weighted by atomic mass is 9.78. The maximum Gasteiger partial charge on any atom is 0.341 e. The number of pyridine rings is 1. The summed E-state index contributed by atoms with van der Waals surface area (Å²) in [5.41, 5.74) is 6.28. The van der Waals surface area contributed by atoms with Gasteiger partial charge in [-0.05, 0) is 64.9 Å². The summed E-state index contributed by atoms with van der Waals surface area (Å²) in [6.07, 6.45) is 9.12. The standard InChI is InChI=1S/C34H35ClN4O3/c1-34(2)12-10-29(23-4-6-26(35)7-5-23)25(20-34)22-38-14-16-39(17-15-38)27-8-9-30(33(40)41-3)31(19-27)42-28-18-24-11-13-36-32(24)37-21-28/h4-13,18-19,21H,14-17,20,22H2,1-3H3,(H,36,37). The van der Waals surface area contributed by atoms with Crippen LogP contribution in [0.1, 0.15) is 36.2 Å². The number of benzene rings is 2. The second-order valence-electron chi connectivity index (χ2n) is 11.6. The number of H-pyrrole nitrogens is 1. The number of anilines is 1. The molecule has 1 aliphatic carbocycles. The third-order valence-corrected chi connectivity index (χ3v) is 8.28. The molecule has 4 aromatic rings. The molecule has 0 amide bonds. The minimum atomic E-state index is -0.439. The fourth-order valence-corrected chi connectivity index (χ4v) is 5.94. The number of esters is 1. The predicted molar refractivity (Wildman–Crippen MR) is 169 cm³/mol. The van der Waals surface area contributed by atoms with E-state index in [1.807, 2.05) is 42.6 Å². The second-order valence-corrected chi connectivity index (χ2v) is 12.1. The van der Waals surface area contributed by atoms with Crippen LogP contribution in [-0.4, -0.2) is 60.7 Å². The van der Waals surface area contributed by atoms with Crippen molar-refractivity contribution in [2.45, 2.75) is 20.3 Å². The molecule has 0 unspecified atom stereocenters. The molecule has 42 heavy (non-hydrogen) atoms. The molecule has 2 aromatic heterocycles. The van der Waals surface area contributed by atoms with E-state index in [0.717, 1.165) is 60.9 Å². The van der Waals surface area contributed by atoms with E-state index in [1.54, 1.807) is 12.3 Å². The van der Waals surface area contributed by atoms with Gasteiger partial charge < -0.3 is 19.4 Å². The van der Waals surface area contributed by atoms with Crippen LogP contribution in [0.3, 0.4) is 0 Å². The van der Waals surface area contributed by atoms with Crippen molar-refractivity contribution in [2.24, 2.45) is 5.41 Å². The summed E-state index contributed by atoms with van der Waals surface area (Å²) in [5.74, 6) is 0.571. The van der Waals surface area contributed by atoms with Crippen molar-refractivity contribution in [3.63, 3.8) is 0 Å². The molecule has 6 rings (SSSR count). The van der Waals surface area contributed by atoms with Gasteiger partial charge in [0, 0.05) is 61.1 Å². The number of halogens is 1. The lowest BCUT2D eigenvalue weighted by Gasteiger charge is -2.38. The van der Waals surface area contributed by atoms with Gasteiger partial charge in [0.25, 0.3) is 0 Å². The Morgan fingerprint density at radius 2 is 1.83 bits per heavy atom. The Morgan fingerprint density at radius 3 is 2.60 bits per heavy atom. The minimum Gasteiger partial charge on any atom is -0.465 e. The molecule has 0 spiro atoms. The number of piperazine rings is 1. The highest BCUT2D eigenvalue weighted by molar-refractivity contribution is 6.30. The maximum atomic E-state index is 12.5. The topological polar surface area (TPSA) is 70.7 Å². The number of nitrogens with one attached hydrogen (secondary N) is 1. The largest absolute Gasteiger partial charge is 0.465 e. The van der Waals surface area contributed by atoms with Crippen LogP contribution in [0.4, 0.5) is 5.69 Å². The van der Waals surface area contributed by atoms with Crippen LogP contribution in [0, 0.1) is 5.41 Å². The van der Waals surface area contributed by atoms with Crippen molar-refractivity contribution in [1.82, 2.24) is 14.9 Å². The quantitative estimate of drug-likeness (QED) is 0.230. The van der Waals surface area contributed by atoms with Crippen LogP contribution in [0.5, 0.6) is 11.5 Å². The Hall–Kier alpha value is -4.07. The van der Waals surface area contributed by atoms with E-state index in [4.69, 9.17) is 21.1 Å². The number of methoxy groups -OCH3 is 1. The summed E-state index contributed by atoms with van der Waals surface area (Å²) in [5, 5.41) is 1.69. The second kappa shape index (κ2) is 11.7. The minimum absolute atomic E-state index is 0.131. The highest BCUT2D eigenvalue weighted by Crippen LogP contribution is 2.38. The number of rotatable bonds is 7. The molecule has 1 fully saturated rings. The molecule has 7 nitrogen and oxygen atoms in total. The lowest BCUT2D eigenvalue weighted by molar-refractivity contribution is 0.0598. The van der Waals surface area contributed by atoms with Crippen molar-refractivity contribution in [3.05, 3.63) is 101 Å². The summed E-state index contributed by atoms with van der Waals surface area (Å²) >= 11 is 6.17. The summed E-state index contributed by atoms with van der Waals surface area (Å²) < 4.78 is 11.2. The molecule has 1 N–H and O–H groups in total. The van der Waals surface area contributed by atoms with Gasteiger partial charge in [-0.3, -0.25) is 4.90 Å². The summed E-state index contributed by atoms with van der Waals surface area (Å²) in [7, 11) is 1.38. The van der Waals surface area contributed by atoms with Gasteiger partial charge in [0.15, 0.2) is 0 Å². The monoisotopic (exact) mass is 582 g/mol. The maximum absolute atomic E-state index is 12.5. The number of ether oxygens (including phenoxy) is 2. The molecule has 8 heteroatoms. The summed E-state index contributed by atoms with van der Waals surface area (Å²) in [6, 6.07) is 17.7. The number of nitrogens with zero attached hydrogens (tertiary/aromatic N) is 3. The van der Waals surface area contributed by atoms with Gasteiger partial charge in [0.1, 0.15) is 22.7 Å². The molecule has 0 radical (unpaired) electrons.